The van der Waals surface area contributed by atoms with Crippen LogP contribution in [0.4, 0.5) is 5.69 Å². The molecule has 0 saturated heterocycles. The Kier molecular flexibility index (Phi) is 5.19. The number of anilines is 1. The minimum atomic E-state index is -0.137. The summed E-state index contributed by atoms with van der Waals surface area (Å²) in [5.41, 5.74) is 2.90. The molecule has 0 fully saturated rings. The lowest BCUT2D eigenvalue weighted by Crippen LogP contribution is -2.26. The number of rotatable bonds is 3. The number of hydrogen-bond donors (Lipinski definition) is 2. The predicted octanol–water partition coefficient (Wildman–Crippen LogP) is 4.51. The maximum absolute atomic E-state index is 12.6. The van der Waals surface area contributed by atoms with Gasteiger partial charge in [-0.1, -0.05) is 20.8 Å². The van der Waals surface area contributed by atoms with Gasteiger partial charge in [-0.2, -0.15) is 0 Å². The second-order valence-corrected chi connectivity index (χ2v) is 9.11. The molecule has 1 aromatic heterocycles. The van der Waals surface area contributed by atoms with Crippen LogP contribution in [0.15, 0.2) is 30.3 Å². The number of thiophene rings is 1. The van der Waals surface area contributed by atoms with E-state index in [4.69, 9.17) is 0 Å². The number of nitrogens with one attached hydrogen (secondary N) is 2. The molecule has 0 unspecified atom stereocenters. The summed E-state index contributed by atoms with van der Waals surface area (Å²) in [6.45, 7) is 6.89. The second kappa shape index (κ2) is 7.23. The number of hydrogen-bond acceptors (Lipinski definition) is 3. The summed E-state index contributed by atoms with van der Waals surface area (Å²) in [4.78, 5) is 26.3. The number of aryl methyl sites for hydroxylation is 1. The van der Waals surface area contributed by atoms with Crippen molar-refractivity contribution in [2.75, 3.05) is 12.4 Å². The molecule has 0 bridgehead atoms. The van der Waals surface area contributed by atoms with Crippen molar-refractivity contribution in [3.05, 3.63) is 51.2 Å². The Balaban J connectivity index is 1.70. The van der Waals surface area contributed by atoms with E-state index in [1.165, 1.54) is 16.9 Å². The fourth-order valence-electron chi connectivity index (χ4n) is 3.42. The van der Waals surface area contributed by atoms with Crippen LogP contribution in [0.1, 0.15) is 57.7 Å². The van der Waals surface area contributed by atoms with Crippen molar-refractivity contribution in [1.29, 1.82) is 0 Å². The van der Waals surface area contributed by atoms with E-state index in [1.807, 2.05) is 0 Å². The molecule has 0 aliphatic heterocycles. The van der Waals surface area contributed by atoms with Crippen LogP contribution in [0.3, 0.4) is 0 Å². The Hall–Kier alpha value is -2.14. The summed E-state index contributed by atoms with van der Waals surface area (Å²) in [5.74, 6) is 0.449. The lowest BCUT2D eigenvalue weighted by atomic mass is 9.72. The Labute approximate surface area is 159 Å². The normalized spacial score (nSPS) is 16.7. The van der Waals surface area contributed by atoms with Gasteiger partial charge in [0.2, 0.25) is 0 Å². The van der Waals surface area contributed by atoms with Crippen LogP contribution in [0.5, 0.6) is 0 Å². The Bertz CT molecular complexity index is 816. The monoisotopic (exact) mass is 370 g/mol. The highest BCUT2D eigenvalue weighted by molar-refractivity contribution is 7.14. The molecular weight excluding hydrogens is 344 g/mol. The van der Waals surface area contributed by atoms with Crippen molar-refractivity contribution in [2.45, 2.75) is 40.0 Å². The van der Waals surface area contributed by atoms with Crippen LogP contribution >= 0.6 is 11.3 Å². The highest BCUT2D eigenvalue weighted by atomic mass is 32.1. The second-order valence-electron chi connectivity index (χ2n) is 7.98. The topological polar surface area (TPSA) is 58.2 Å². The molecule has 0 radical (unpaired) electrons. The quantitative estimate of drug-likeness (QED) is 0.835. The molecule has 5 heteroatoms. The molecule has 2 amide bonds. The fourth-order valence-corrected chi connectivity index (χ4v) is 4.52. The highest BCUT2D eigenvalue weighted by Crippen LogP contribution is 2.40. The lowest BCUT2D eigenvalue weighted by molar-refractivity contribution is 0.0962. The van der Waals surface area contributed by atoms with Gasteiger partial charge in [0.25, 0.3) is 11.8 Å². The zero-order valence-corrected chi connectivity index (χ0v) is 16.6. The molecule has 1 aromatic carbocycles. The Morgan fingerprint density at radius 3 is 2.42 bits per heavy atom. The Morgan fingerprint density at radius 2 is 1.81 bits per heavy atom. The van der Waals surface area contributed by atoms with Gasteiger partial charge in [-0.15, -0.1) is 11.3 Å². The summed E-state index contributed by atoms with van der Waals surface area (Å²) >= 11 is 1.61. The molecule has 2 N–H and O–H groups in total. The average molecular weight is 371 g/mol. The van der Waals surface area contributed by atoms with Gasteiger partial charge in [0, 0.05) is 23.2 Å². The van der Waals surface area contributed by atoms with E-state index in [1.54, 1.807) is 42.6 Å². The first kappa shape index (κ1) is 18.6. The van der Waals surface area contributed by atoms with Crippen molar-refractivity contribution in [3.8, 4) is 0 Å². The summed E-state index contributed by atoms with van der Waals surface area (Å²) in [6.07, 6.45) is 3.32. The van der Waals surface area contributed by atoms with E-state index in [0.29, 0.717) is 22.6 Å². The minimum Gasteiger partial charge on any atom is -0.355 e. The number of benzene rings is 1. The molecule has 2 aromatic rings. The number of carbonyl (C=O) groups excluding carboxylic acids is 2. The summed E-state index contributed by atoms with van der Waals surface area (Å²) < 4.78 is 0. The van der Waals surface area contributed by atoms with E-state index in [9.17, 15) is 9.59 Å². The van der Waals surface area contributed by atoms with Crippen LogP contribution < -0.4 is 10.6 Å². The van der Waals surface area contributed by atoms with Gasteiger partial charge in [0.1, 0.15) is 0 Å². The zero-order chi connectivity index (χ0) is 18.9. The summed E-state index contributed by atoms with van der Waals surface area (Å²) in [6, 6.07) is 8.99. The third-order valence-corrected chi connectivity index (χ3v) is 6.40. The van der Waals surface area contributed by atoms with Gasteiger partial charge in [0.05, 0.1) is 4.88 Å². The molecular formula is C21H26N2O2S. The van der Waals surface area contributed by atoms with Gasteiger partial charge in [-0.25, -0.2) is 0 Å². The largest absolute Gasteiger partial charge is 0.355 e. The molecule has 26 heavy (non-hydrogen) atoms. The van der Waals surface area contributed by atoms with Crippen molar-refractivity contribution >= 4 is 28.8 Å². The third kappa shape index (κ3) is 3.98. The average Bonchev–Trinajstić information content (AvgIpc) is 3.04. The molecule has 1 aliphatic carbocycles. The van der Waals surface area contributed by atoms with E-state index in [0.717, 1.165) is 17.7 Å². The van der Waals surface area contributed by atoms with Gasteiger partial charge in [-0.05, 0) is 66.5 Å². The van der Waals surface area contributed by atoms with Crippen LogP contribution in [-0.4, -0.2) is 18.9 Å². The zero-order valence-electron chi connectivity index (χ0n) is 15.8. The number of carbonyl (C=O) groups is 2. The SMILES string of the molecule is CNC(=O)c1ccc(NC(=O)c2cc3c(s2)CC[C@H](C(C)(C)C)C3)cc1. The summed E-state index contributed by atoms with van der Waals surface area (Å²) in [7, 11) is 1.60. The van der Waals surface area contributed by atoms with Crippen molar-refractivity contribution in [1.82, 2.24) is 5.32 Å². The van der Waals surface area contributed by atoms with Crippen LogP contribution in [0.25, 0.3) is 0 Å². The highest BCUT2D eigenvalue weighted by Gasteiger charge is 2.30. The number of amides is 2. The van der Waals surface area contributed by atoms with Gasteiger partial charge in [0.15, 0.2) is 0 Å². The first-order valence-electron chi connectivity index (χ1n) is 9.03. The fraction of sp³-hybridized carbons (Fsp3) is 0.429. The number of fused-ring (bicyclic) bond motifs is 1. The smallest absolute Gasteiger partial charge is 0.265 e. The Morgan fingerprint density at radius 1 is 1.12 bits per heavy atom. The maximum atomic E-state index is 12.6. The van der Waals surface area contributed by atoms with Crippen molar-refractivity contribution in [2.24, 2.45) is 11.3 Å². The molecule has 3 rings (SSSR count). The lowest BCUT2D eigenvalue weighted by Gasteiger charge is -2.33. The van der Waals surface area contributed by atoms with Crippen molar-refractivity contribution < 1.29 is 9.59 Å². The van der Waals surface area contributed by atoms with Crippen LogP contribution in [-0.2, 0) is 12.8 Å². The van der Waals surface area contributed by atoms with Crippen molar-refractivity contribution in [3.63, 3.8) is 0 Å². The standard InChI is InChI=1S/C21H26N2O2S/c1-21(2,3)15-7-10-17-14(11-15)12-18(26-17)20(25)23-16-8-5-13(6-9-16)19(24)22-4/h5-6,8-9,12,15H,7,10-11H2,1-4H3,(H,22,24)(H,23,25)/t15-/m0/s1. The van der Waals surface area contributed by atoms with Gasteiger partial charge >= 0.3 is 0 Å². The minimum absolute atomic E-state index is 0.0793. The predicted molar refractivity (Wildman–Crippen MR) is 107 cm³/mol. The maximum Gasteiger partial charge on any atom is 0.265 e. The summed E-state index contributed by atoms with van der Waals surface area (Å²) in [5, 5.41) is 5.52. The van der Waals surface area contributed by atoms with Gasteiger partial charge in [-0.3, -0.25) is 9.59 Å². The molecule has 1 aliphatic rings. The first-order valence-corrected chi connectivity index (χ1v) is 9.84. The van der Waals surface area contributed by atoms with Crippen LogP contribution in [0, 0.1) is 11.3 Å². The molecule has 138 valence electrons. The molecule has 4 nitrogen and oxygen atoms in total. The first-order chi connectivity index (χ1) is 12.3. The van der Waals surface area contributed by atoms with Crippen LogP contribution in [0.2, 0.25) is 0 Å². The van der Waals surface area contributed by atoms with E-state index in [-0.39, 0.29) is 11.8 Å². The van der Waals surface area contributed by atoms with E-state index in [2.05, 4.69) is 37.5 Å². The molecule has 1 heterocycles. The molecule has 0 spiro atoms. The van der Waals surface area contributed by atoms with Gasteiger partial charge < -0.3 is 10.6 Å². The van der Waals surface area contributed by atoms with E-state index >= 15 is 0 Å². The molecule has 0 saturated carbocycles. The van der Waals surface area contributed by atoms with E-state index < -0.39 is 0 Å². The third-order valence-electron chi connectivity index (χ3n) is 5.16. The molecule has 1 atom stereocenters.